The van der Waals surface area contributed by atoms with Gasteiger partial charge >= 0.3 is 10.8 Å². The minimum atomic E-state index is -1.01. The van der Waals surface area contributed by atoms with Crippen molar-refractivity contribution in [3.8, 4) is 0 Å². The summed E-state index contributed by atoms with van der Waals surface area (Å²) in [5.74, 6) is -0.801. The number of ketones is 1. The number of nitrogens with zero attached hydrogens (tertiary/aromatic N) is 1. The van der Waals surface area contributed by atoms with Crippen molar-refractivity contribution in [1.82, 2.24) is 4.57 Å². The Hall–Kier alpha value is -2.99. The van der Waals surface area contributed by atoms with E-state index in [0.717, 1.165) is 17.0 Å². The van der Waals surface area contributed by atoms with Crippen molar-refractivity contribution in [3.05, 3.63) is 92.5 Å². The zero-order chi connectivity index (χ0) is 19.2. The van der Waals surface area contributed by atoms with Crippen molar-refractivity contribution >= 4 is 23.1 Å². The van der Waals surface area contributed by atoms with E-state index in [9.17, 15) is 14.4 Å². The first-order chi connectivity index (χ1) is 13.1. The molecule has 0 aliphatic heterocycles. The second-order valence-electron chi connectivity index (χ2n) is 6.06. The van der Waals surface area contributed by atoms with Crippen LogP contribution in [-0.2, 0) is 16.1 Å². The van der Waals surface area contributed by atoms with Gasteiger partial charge in [-0.3, -0.25) is 14.4 Å². The SMILES string of the molecule is Cc1csc(=O)n1CCC(=O)OC(C(=O)c1ccccc1)c1ccccc1. The molecule has 27 heavy (non-hydrogen) atoms. The Balaban J connectivity index is 1.76. The molecule has 0 saturated heterocycles. The highest BCUT2D eigenvalue weighted by Crippen LogP contribution is 2.23. The van der Waals surface area contributed by atoms with Gasteiger partial charge in [-0.2, -0.15) is 0 Å². The highest BCUT2D eigenvalue weighted by Gasteiger charge is 2.26. The van der Waals surface area contributed by atoms with Gasteiger partial charge in [-0.05, 0) is 6.92 Å². The number of aromatic nitrogens is 1. The van der Waals surface area contributed by atoms with Crippen LogP contribution in [0.1, 0.15) is 34.1 Å². The van der Waals surface area contributed by atoms with E-state index < -0.39 is 12.1 Å². The van der Waals surface area contributed by atoms with E-state index in [1.807, 2.05) is 19.1 Å². The number of Topliss-reactive ketones (excluding diaryl/α,β-unsaturated/α-hetero) is 1. The molecule has 0 aliphatic rings. The van der Waals surface area contributed by atoms with E-state index in [1.165, 1.54) is 4.57 Å². The average molecular weight is 381 g/mol. The van der Waals surface area contributed by atoms with E-state index >= 15 is 0 Å². The number of carbonyl (C=O) groups is 2. The third kappa shape index (κ3) is 4.60. The summed E-state index contributed by atoms with van der Waals surface area (Å²) in [6.45, 7) is 2.04. The molecule has 0 saturated carbocycles. The van der Waals surface area contributed by atoms with Crippen molar-refractivity contribution in [2.75, 3.05) is 0 Å². The Morgan fingerprint density at radius 2 is 1.67 bits per heavy atom. The number of benzene rings is 2. The standard InChI is InChI=1S/C21H19NO4S/c1-15-14-27-21(25)22(15)13-12-18(23)26-20(17-10-6-3-7-11-17)19(24)16-8-4-2-5-9-16/h2-11,14,20H,12-13H2,1H3. The highest BCUT2D eigenvalue weighted by molar-refractivity contribution is 7.07. The van der Waals surface area contributed by atoms with Gasteiger partial charge in [0.2, 0.25) is 5.78 Å². The molecule has 2 aromatic carbocycles. The average Bonchev–Trinajstić information content (AvgIpc) is 3.03. The minimum absolute atomic E-state index is 0.0167. The Morgan fingerprint density at radius 3 is 2.26 bits per heavy atom. The minimum Gasteiger partial charge on any atom is -0.449 e. The normalized spacial score (nSPS) is 11.7. The molecule has 138 valence electrons. The Bertz CT molecular complexity index is 976. The fraction of sp³-hybridized carbons (Fsp3) is 0.190. The van der Waals surface area contributed by atoms with Crippen LogP contribution in [-0.4, -0.2) is 16.3 Å². The van der Waals surface area contributed by atoms with Crippen molar-refractivity contribution in [2.45, 2.75) is 26.0 Å². The molecule has 0 fully saturated rings. The summed E-state index contributed by atoms with van der Waals surface area (Å²) >= 11 is 1.10. The molecule has 1 atom stereocenters. The summed E-state index contributed by atoms with van der Waals surface area (Å²) < 4.78 is 7.06. The van der Waals surface area contributed by atoms with E-state index in [4.69, 9.17) is 4.74 Å². The monoisotopic (exact) mass is 381 g/mol. The summed E-state index contributed by atoms with van der Waals surface area (Å²) in [5.41, 5.74) is 1.89. The topological polar surface area (TPSA) is 65.4 Å². The number of aryl methyl sites for hydroxylation is 1. The number of esters is 1. The molecule has 1 heterocycles. The van der Waals surface area contributed by atoms with Crippen molar-refractivity contribution in [1.29, 1.82) is 0 Å². The van der Waals surface area contributed by atoms with Crippen LogP contribution in [0.15, 0.2) is 70.8 Å². The lowest BCUT2D eigenvalue weighted by molar-refractivity contribution is -0.147. The number of ether oxygens (including phenoxy) is 1. The van der Waals surface area contributed by atoms with Gasteiger partial charge in [-0.15, -0.1) is 0 Å². The van der Waals surface area contributed by atoms with Crippen LogP contribution < -0.4 is 4.87 Å². The van der Waals surface area contributed by atoms with Crippen LogP contribution in [0.2, 0.25) is 0 Å². The molecule has 0 radical (unpaired) electrons. The van der Waals surface area contributed by atoms with Crippen LogP contribution in [0.4, 0.5) is 0 Å². The molecule has 0 spiro atoms. The third-order valence-electron chi connectivity index (χ3n) is 4.16. The Labute approximate surface area is 160 Å². The molecule has 6 heteroatoms. The second-order valence-corrected chi connectivity index (χ2v) is 6.88. The zero-order valence-electron chi connectivity index (χ0n) is 14.8. The van der Waals surface area contributed by atoms with Crippen LogP contribution in [0.25, 0.3) is 0 Å². The van der Waals surface area contributed by atoms with Crippen LogP contribution >= 0.6 is 11.3 Å². The lowest BCUT2D eigenvalue weighted by atomic mass is 10.00. The van der Waals surface area contributed by atoms with Crippen LogP contribution in [0.5, 0.6) is 0 Å². The Kier molecular flexibility index (Phi) is 5.98. The molecule has 0 bridgehead atoms. The highest BCUT2D eigenvalue weighted by atomic mass is 32.1. The molecular weight excluding hydrogens is 362 g/mol. The zero-order valence-corrected chi connectivity index (χ0v) is 15.6. The molecule has 3 rings (SSSR count). The quantitative estimate of drug-likeness (QED) is 0.461. The molecule has 5 nitrogen and oxygen atoms in total. The fourth-order valence-electron chi connectivity index (χ4n) is 2.72. The first-order valence-corrected chi connectivity index (χ1v) is 9.43. The van der Waals surface area contributed by atoms with Gasteiger partial charge in [0.05, 0.1) is 6.42 Å². The largest absolute Gasteiger partial charge is 0.449 e. The van der Waals surface area contributed by atoms with Gasteiger partial charge in [-0.25, -0.2) is 0 Å². The van der Waals surface area contributed by atoms with Crippen molar-refractivity contribution < 1.29 is 14.3 Å². The summed E-state index contributed by atoms with van der Waals surface area (Å²) in [6.07, 6.45) is -0.996. The molecular formula is C21H19NO4S. The Morgan fingerprint density at radius 1 is 1.04 bits per heavy atom. The number of rotatable bonds is 7. The molecule has 0 N–H and O–H groups in total. The van der Waals surface area contributed by atoms with Crippen LogP contribution in [0, 0.1) is 6.92 Å². The van der Waals surface area contributed by atoms with Gasteiger partial charge in [0.1, 0.15) is 0 Å². The molecule has 0 amide bonds. The van der Waals surface area contributed by atoms with E-state index in [0.29, 0.717) is 11.1 Å². The van der Waals surface area contributed by atoms with Crippen molar-refractivity contribution in [2.24, 2.45) is 0 Å². The first-order valence-electron chi connectivity index (χ1n) is 8.55. The smallest absolute Gasteiger partial charge is 0.308 e. The maximum absolute atomic E-state index is 12.9. The fourth-order valence-corrected chi connectivity index (χ4v) is 3.48. The van der Waals surface area contributed by atoms with Gasteiger partial charge in [0, 0.05) is 28.7 Å². The van der Waals surface area contributed by atoms with Gasteiger partial charge < -0.3 is 9.30 Å². The van der Waals surface area contributed by atoms with Gasteiger partial charge in [0.25, 0.3) is 0 Å². The molecule has 1 unspecified atom stereocenters. The summed E-state index contributed by atoms with van der Waals surface area (Å²) in [5, 5.41) is 1.75. The maximum Gasteiger partial charge on any atom is 0.308 e. The lowest BCUT2D eigenvalue weighted by Gasteiger charge is -2.17. The van der Waals surface area contributed by atoms with Gasteiger partial charge in [0.15, 0.2) is 6.10 Å². The predicted octanol–water partition coefficient (Wildman–Crippen LogP) is 3.78. The maximum atomic E-state index is 12.9. The number of carbonyl (C=O) groups excluding carboxylic acids is 2. The van der Waals surface area contributed by atoms with E-state index in [1.54, 1.807) is 53.9 Å². The van der Waals surface area contributed by atoms with Crippen LogP contribution in [0.3, 0.4) is 0 Å². The summed E-state index contributed by atoms with van der Waals surface area (Å²) in [4.78, 5) is 36.9. The third-order valence-corrected chi connectivity index (χ3v) is 5.05. The summed E-state index contributed by atoms with van der Waals surface area (Å²) in [7, 11) is 0. The number of thiazole rings is 1. The van der Waals surface area contributed by atoms with E-state index in [-0.39, 0.29) is 23.6 Å². The number of hydrogen-bond donors (Lipinski definition) is 0. The molecule has 0 aliphatic carbocycles. The first kappa shape index (κ1) is 18.8. The summed E-state index contributed by atoms with van der Waals surface area (Å²) in [6, 6.07) is 17.7. The molecule has 3 aromatic rings. The van der Waals surface area contributed by atoms with E-state index in [2.05, 4.69) is 0 Å². The number of hydrogen-bond acceptors (Lipinski definition) is 5. The van der Waals surface area contributed by atoms with Crippen molar-refractivity contribution in [3.63, 3.8) is 0 Å². The van der Waals surface area contributed by atoms with Gasteiger partial charge in [-0.1, -0.05) is 72.0 Å². The molecule has 1 aromatic heterocycles. The predicted molar refractivity (Wildman–Crippen MR) is 104 cm³/mol. The lowest BCUT2D eigenvalue weighted by Crippen LogP contribution is -2.22. The second kappa shape index (κ2) is 8.60.